The van der Waals surface area contributed by atoms with E-state index in [1.54, 1.807) is 45.9 Å². The molecule has 0 saturated heterocycles. The number of fused-ring (bicyclic) bond motifs is 3. The van der Waals surface area contributed by atoms with Crippen LogP contribution in [0.4, 0.5) is 10.5 Å². The molecular weight excluding hydrogens is 562 g/mol. The summed E-state index contributed by atoms with van der Waals surface area (Å²) in [6.45, 7) is 10.6. The zero-order valence-corrected chi connectivity index (χ0v) is 25.5. The highest BCUT2D eigenvalue weighted by atomic mass is 32.2. The molecule has 3 aliphatic rings. The maximum Gasteiger partial charge on any atom is 0.413 e. The molecule has 226 valence electrons. The van der Waals surface area contributed by atoms with Gasteiger partial charge in [-0.05, 0) is 78.5 Å². The summed E-state index contributed by atoms with van der Waals surface area (Å²) < 4.78 is 43.5. The second-order valence-electron chi connectivity index (χ2n) is 12.6. The lowest BCUT2D eigenvalue weighted by atomic mass is 9.86. The molecule has 5 rings (SSSR count). The number of ether oxygens (including phenoxy) is 3. The molecule has 12 nitrogen and oxygen atoms in total. The van der Waals surface area contributed by atoms with Crippen LogP contribution in [-0.2, 0) is 20.1 Å². The van der Waals surface area contributed by atoms with Crippen LogP contribution in [0.1, 0.15) is 76.9 Å². The molecule has 0 radical (unpaired) electrons. The van der Waals surface area contributed by atoms with Gasteiger partial charge in [0.2, 0.25) is 5.88 Å². The molecule has 2 amide bonds. The van der Waals surface area contributed by atoms with Crippen LogP contribution in [0.15, 0.2) is 35.6 Å². The number of carbonyl (C=O) groups is 2. The number of carbonyl (C=O) groups excluding carboxylic acids is 2. The van der Waals surface area contributed by atoms with Crippen molar-refractivity contribution in [3.8, 4) is 11.6 Å². The number of aliphatic imine (C=N–C) groups is 1. The van der Waals surface area contributed by atoms with Crippen LogP contribution in [-0.4, -0.2) is 65.0 Å². The fourth-order valence-electron chi connectivity index (χ4n) is 5.08. The zero-order chi connectivity index (χ0) is 30.5. The Labute approximate surface area is 245 Å². The summed E-state index contributed by atoms with van der Waals surface area (Å²) in [6.07, 6.45) is 4.44. The van der Waals surface area contributed by atoms with Gasteiger partial charge in [-0.3, -0.25) is 15.1 Å². The molecule has 42 heavy (non-hydrogen) atoms. The number of nitrogens with one attached hydrogen (secondary N) is 2. The lowest BCUT2D eigenvalue weighted by Gasteiger charge is -2.44. The van der Waals surface area contributed by atoms with Gasteiger partial charge < -0.3 is 19.5 Å². The molecule has 1 saturated carbocycles. The second-order valence-corrected chi connectivity index (χ2v) is 15.3. The third kappa shape index (κ3) is 5.79. The number of benzene rings is 1. The van der Waals surface area contributed by atoms with Crippen molar-refractivity contribution in [3.05, 3.63) is 41.9 Å². The number of hydrogen-bond donors (Lipinski definition) is 2. The quantitative estimate of drug-likeness (QED) is 0.518. The van der Waals surface area contributed by atoms with Gasteiger partial charge >= 0.3 is 6.09 Å². The molecule has 0 bridgehead atoms. The zero-order valence-electron chi connectivity index (χ0n) is 24.7. The maximum absolute atomic E-state index is 14.1. The highest BCUT2D eigenvalue weighted by Crippen LogP contribution is 2.49. The topological polar surface area (TPSA) is 158 Å². The van der Waals surface area contributed by atoms with E-state index < -0.39 is 43.0 Å². The number of rotatable bonds is 5. The van der Waals surface area contributed by atoms with Crippen molar-refractivity contribution in [2.75, 3.05) is 18.5 Å². The van der Waals surface area contributed by atoms with Crippen molar-refractivity contribution in [1.82, 2.24) is 15.3 Å². The number of anilines is 1. The Balaban J connectivity index is 1.46. The van der Waals surface area contributed by atoms with Gasteiger partial charge in [0, 0.05) is 17.7 Å². The lowest BCUT2D eigenvalue weighted by Crippen LogP contribution is -2.61. The van der Waals surface area contributed by atoms with Crippen LogP contribution in [0.25, 0.3) is 0 Å². The minimum atomic E-state index is -3.91. The van der Waals surface area contributed by atoms with Gasteiger partial charge in [0.15, 0.2) is 9.84 Å². The molecule has 0 unspecified atom stereocenters. The smallest absolute Gasteiger partial charge is 0.413 e. The Kier molecular flexibility index (Phi) is 7.45. The van der Waals surface area contributed by atoms with Gasteiger partial charge in [0.1, 0.15) is 33.2 Å². The fourth-order valence-corrected chi connectivity index (χ4v) is 7.34. The Morgan fingerprint density at radius 3 is 2.45 bits per heavy atom. The largest absolute Gasteiger partial charge is 0.493 e. The number of hydrogen-bond acceptors (Lipinski definition) is 10. The summed E-state index contributed by atoms with van der Waals surface area (Å²) >= 11 is 0. The summed E-state index contributed by atoms with van der Waals surface area (Å²) in [5.41, 5.74) is -1.20. The molecule has 1 aliphatic carbocycles. The first-order valence-corrected chi connectivity index (χ1v) is 15.5. The van der Waals surface area contributed by atoms with Crippen LogP contribution in [0.2, 0.25) is 0 Å². The first kappa shape index (κ1) is 29.7. The molecule has 0 spiro atoms. The minimum Gasteiger partial charge on any atom is -0.493 e. The van der Waals surface area contributed by atoms with E-state index in [1.165, 1.54) is 26.2 Å². The van der Waals surface area contributed by atoms with E-state index in [0.717, 1.165) is 12.8 Å². The van der Waals surface area contributed by atoms with Crippen molar-refractivity contribution in [3.63, 3.8) is 0 Å². The molecule has 2 aliphatic heterocycles. The lowest BCUT2D eigenvalue weighted by molar-refractivity contribution is 0.0560. The van der Waals surface area contributed by atoms with E-state index in [4.69, 9.17) is 19.2 Å². The van der Waals surface area contributed by atoms with Gasteiger partial charge in [0.05, 0.1) is 30.9 Å². The number of amidine groups is 1. The molecule has 1 aromatic carbocycles. The summed E-state index contributed by atoms with van der Waals surface area (Å²) in [5, 5.41) is 4.44. The third-order valence-electron chi connectivity index (χ3n) is 7.69. The first-order chi connectivity index (χ1) is 19.6. The second kappa shape index (κ2) is 10.5. The van der Waals surface area contributed by atoms with E-state index in [0.29, 0.717) is 35.4 Å². The van der Waals surface area contributed by atoms with E-state index in [1.807, 2.05) is 0 Å². The number of nitrogens with zero attached hydrogens (tertiary/aromatic N) is 3. The van der Waals surface area contributed by atoms with Crippen LogP contribution in [0.3, 0.4) is 0 Å². The van der Waals surface area contributed by atoms with Gasteiger partial charge in [-0.15, -0.1) is 0 Å². The normalized spacial score (nSPS) is 24.0. The number of sulfone groups is 1. The molecule has 1 aromatic heterocycles. The Morgan fingerprint density at radius 1 is 1.07 bits per heavy atom. The Morgan fingerprint density at radius 2 is 1.81 bits per heavy atom. The maximum atomic E-state index is 14.1. The predicted octanol–water partition coefficient (Wildman–Crippen LogP) is 4.01. The van der Waals surface area contributed by atoms with Crippen LogP contribution in [0, 0.1) is 5.92 Å². The molecule has 2 aromatic rings. The average molecular weight is 600 g/mol. The highest BCUT2D eigenvalue weighted by Gasteiger charge is 2.58. The highest BCUT2D eigenvalue weighted by molar-refractivity contribution is 7.94. The molecular formula is C29H37N5O7S. The number of amides is 2. The monoisotopic (exact) mass is 599 g/mol. The van der Waals surface area contributed by atoms with E-state index in [-0.39, 0.29) is 24.6 Å². The minimum absolute atomic E-state index is 0.0305. The predicted molar refractivity (Wildman–Crippen MR) is 156 cm³/mol. The molecule has 2 atom stereocenters. The Hall–Kier alpha value is -3.74. The molecule has 13 heteroatoms. The van der Waals surface area contributed by atoms with Gasteiger partial charge in [-0.2, -0.15) is 0 Å². The Bertz CT molecular complexity index is 1530. The fraction of sp³-hybridized carbons (Fsp3) is 0.552. The summed E-state index contributed by atoms with van der Waals surface area (Å²) in [7, 11) is -3.91. The van der Waals surface area contributed by atoms with Crippen molar-refractivity contribution in [2.24, 2.45) is 10.9 Å². The van der Waals surface area contributed by atoms with E-state index in [9.17, 15) is 18.0 Å². The SMILES string of the molecule is CC(C)(C)OC(=O)NC1=N[C@]2(C)c3cc(NC(=O)c4cnc(OCC5CC5)cn4)ccc3OCC[C@H]2S(=O)(=O)C1(C)C. The first-order valence-electron chi connectivity index (χ1n) is 14.0. The van der Waals surface area contributed by atoms with Crippen molar-refractivity contribution in [1.29, 1.82) is 0 Å². The van der Waals surface area contributed by atoms with Crippen LogP contribution in [0.5, 0.6) is 11.6 Å². The standard InChI is InChI=1S/C29H37N5O7S/c1-27(2,3)41-26(36)33-25-28(4,5)42(37,38)22-11-12-39-21-10-9-18(13-19(21)29(22,6)34-25)32-24(35)20-14-31-23(15-30-20)40-16-17-7-8-17/h9-10,13-15,17,22H,7-8,11-12,16H2,1-6H3,(H,32,35)(H,33,34,36)/t22-,29-/m1/s1. The van der Waals surface area contributed by atoms with Crippen molar-refractivity contribution < 1.29 is 32.2 Å². The number of alkyl carbamates (subject to hydrolysis) is 1. The van der Waals surface area contributed by atoms with Crippen LogP contribution >= 0.6 is 0 Å². The van der Waals surface area contributed by atoms with E-state index >= 15 is 0 Å². The number of aromatic nitrogens is 2. The third-order valence-corrected chi connectivity index (χ3v) is 10.8. The average Bonchev–Trinajstić information content (AvgIpc) is 3.73. The van der Waals surface area contributed by atoms with Gasteiger partial charge in [0.25, 0.3) is 5.91 Å². The van der Waals surface area contributed by atoms with Gasteiger partial charge in [-0.25, -0.2) is 23.2 Å². The van der Waals surface area contributed by atoms with Crippen LogP contribution < -0.4 is 20.1 Å². The van der Waals surface area contributed by atoms with Crippen molar-refractivity contribution >= 4 is 33.4 Å². The summed E-state index contributed by atoms with van der Waals surface area (Å²) in [5.74, 6) is 0.824. The summed E-state index contributed by atoms with van der Waals surface area (Å²) in [6, 6.07) is 4.97. The molecule has 2 N–H and O–H groups in total. The van der Waals surface area contributed by atoms with E-state index in [2.05, 4.69) is 20.6 Å². The summed E-state index contributed by atoms with van der Waals surface area (Å²) in [4.78, 5) is 38.9. The van der Waals surface area contributed by atoms with Gasteiger partial charge in [-0.1, -0.05) is 0 Å². The van der Waals surface area contributed by atoms with Crippen molar-refractivity contribution in [2.45, 2.75) is 81.9 Å². The molecule has 1 fully saturated rings. The molecule has 3 heterocycles.